The molecule has 13 heteroatoms. The molecule has 2 heterocycles. The second-order valence-electron chi connectivity index (χ2n) is 13.7. The number of nitro groups is 1. The summed E-state index contributed by atoms with van der Waals surface area (Å²) in [4.78, 5) is 72.2. The van der Waals surface area contributed by atoms with Crippen LogP contribution in [0.1, 0.15) is 29.9 Å². The number of anilines is 2. The first kappa shape index (κ1) is 34.1. The number of carbonyl (C=O) groups excluding carboxylic acids is 4. The molecule has 268 valence electrons. The van der Waals surface area contributed by atoms with Crippen molar-refractivity contribution in [3.05, 3.63) is 129 Å². The van der Waals surface area contributed by atoms with Gasteiger partial charge in [-0.2, -0.15) is 0 Å². The Hall–Kier alpha value is -6.01. The molecule has 1 N–H and O–H groups in total. The van der Waals surface area contributed by atoms with E-state index in [1.54, 1.807) is 48.5 Å². The molecule has 0 aromatic heterocycles. The van der Waals surface area contributed by atoms with Crippen LogP contribution in [-0.2, 0) is 24.6 Å². The number of imide groups is 2. The Morgan fingerprint density at radius 1 is 0.811 bits per heavy atom. The van der Waals surface area contributed by atoms with Gasteiger partial charge in [0.05, 0.1) is 53.7 Å². The van der Waals surface area contributed by atoms with Crippen molar-refractivity contribution in [1.82, 2.24) is 0 Å². The van der Waals surface area contributed by atoms with E-state index in [-0.39, 0.29) is 47.2 Å². The van der Waals surface area contributed by atoms with Crippen molar-refractivity contribution < 1.29 is 38.7 Å². The number of halogens is 1. The van der Waals surface area contributed by atoms with Crippen molar-refractivity contribution in [2.45, 2.75) is 24.2 Å². The number of hydrogen-bond donors (Lipinski definition) is 1. The van der Waals surface area contributed by atoms with Crippen LogP contribution in [0.2, 0.25) is 5.02 Å². The van der Waals surface area contributed by atoms with Gasteiger partial charge in [-0.3, -0.25) is 29.3 Å². The van der Waals surface area contributed by atoms with Gasteiger partial charge in [0.1, 0.15) is 0 Å². The third-order valence-electron chi connectivity index (χ3n) is 11.3. The molecule has 2 saturated heterocycles. The molecule has 3 fully saturated rings. The van der Waals surface area contributed by atoms with E-state index in [9.17, 15) is 29.6 Å². The first-order valence-electron chi connectivity index (χ1n) is 17.0. The molecule has 4 aliphatic rings. The van der Waals surface area contributed by atoms with Gasteiger partial charge in [-0.05, 0) is 66.3 Å². The van der Waals surface area contributed by atoms with Crippen molar-refractivity contribution in [3.63, 3.8) is 0 Å². The second-order valence-corrected chi connectivity index (χ2v) is 14.1. The summed E-state index contributed by atoms with van der Waals surface area (Å²) in [5, 5.41) is 22.9. The van der Waals surface area contributed by atoms with Crippen LogP contribution >= 0.6 is 11.6 Å². The monoisotopic (exact) mass is 733 g/mol. The first-order chi connectivity index (χ1) is 25.5. The molecule has 12 nitrogen and oxygen atoms in total. The van der Waals surface area contributed by atoms with Crippen molar-refractivity contribution in [3.8, 4) is 17.2 Å². The number of methoxy groups -OCH3 is 2. The molecule has 1 saturated carbocycles. The van der Waals surface area contributed by atoms with Gasteiger partial charge in [0, 0.05) is 23.1 Å². The smallest absolute Gasteiger partial charge is 0.271 e. The highest BCUT2D eigenvalue weighted by Crippen LogP contribution is 2.65. The summed E-state index contributed by atoms with van der Waals surface area (Å²) in [6.45, 7) is 0. The molecule has 4 aromatic rings. The number of fused-ring (bicyclic) bond motifs is 4. The highest BCUT2D eigenvalue weighted by atomic mass is 35.5. The number of nitro benzene ring substituents is 1. The Bertz CT molecular complexity index is 2250. The standard InChI is InChI=1S/C40H32ClN3O9/c1-52-31-16-21(17-32(53-2)35(31)45)34-27-14-15-28-33(38(48)42(36(28)46)25-12-7-13-26(19-25)44(50)51)29(27)20-30-37(47)43(24-11-6-10-23(41)18-24)39(49)40(30,34)22-8-4-3-5-9-22/h3-14,16-19,28-30,33-34,45H,15,20H2,1-2H3/t28-,29+,30-,33-,34-,40+/m0/s1. The van der Waals surface area contributed by atoms with E-state index in [2.05, 4.69) is 0 Å². The summed E-state index contributed by atoms with van der Waals surface area (Å²) in [6, 6.07) is 24.1. The number of ether oxygens (including phenoxy) is 2. The van der Waals surface area contributed by atoms with Crippen LogP contribution in [0, 0.1) is 33.8 Å². The SMILES string of the molecule is COc1cc([C@H]2C3=CC[C@@H]4C(=O)N(c5cccc([N+](=O)[O-])c5)C(=O)[C@@H]4[C@@H]3C[C@H]3C(=O)N(c4cccc(Cl)c4)C(=O)[C@@]23c2ccccc2)cc(OC)c1O. The van der Waals surface area contributed by atoms with E-state index in [4.69, 9.17) is 21.1 Å². The Kier molecular flexibility index (Phi) is 8.10. The minimum atomic E-state index is -1.56. The Morgan fingerprint density at radius 2 is 1.47 bits per heavy atom. The normalized spacial score (nSPS) is 26.2. The number of benzene rings is 4. The van der Waals surface area contributed by atoms with Crippen molar-refractivity contribution in [2.75, 3.05) is 24.0 Å². The third-order valence-corrected chi connectivity index (χ3v) is 11.5. The van der Waals surface area contributed by atoms with Crippen LogP contribution in [0.25, 0.3) is 0 Å². The maximum Gasteiger partial charge on any atom is 0.271 e. The molecule has 0 spiro atoms. The zero-order valence-electron chi connectivity index (χ0n) is 28.5. The van der Waals surface area contributed by atoms with Crippen LogP contribution in [0.15, 0.2) is 103 Å². The molecule has 53 heavy (non-hydrogen) atoms. The molecule has 8 rings (SSSR count). The highest BCUT2D eigenvalue weighted by molar-refractivity contribution is 6.32. The van der Waals surface area contributed by atoms with Crippen molar-refractivity contribution in [1.29, 1.82) is 0 Å². The fraction of sp³-hybridized carbons (Fsp3) is 0.250. The molecule has 2 aliphatic heterocycles. The number of aromatic hydroxyl groups is 1. The summed E-state index contributed by atoms with van der Waals surface area (Å²) >= 11 is 6.39. The van der Waals surface area contributed by atoms with Gasteiger partial charge in [0.25, 0.3) is 5.69 Å². The average molecular weight is 734 g/mol. The van der Waals surface area contributed by atoms with E-state index in [1.165, 1.54) is 38.5 Å². The topological polar surface area (TPSA) is 157 Å². The lowest BCUT2D eigenvalue weighted by atomic mass is 9.49. The van der Waals surface area contributed by atoms with Crippen molar-refractivity contribution in [2.24, 2.45) is 23.7 Å². The van der Waals surface area contributed by atoms with Crippen molar-refractivity contribution >= 4 is 52.3 Å². The summed E-state index contributed by atoms with van der Waals surface area (Å²) in [6.07, 6.45) is 2.09. The molecular weight excluding hydrogens is 702 g/mol. The minimum absolute atomic E-state index is 0.0498. The summed E-state index contributed by atoms with van der Waals surface area (Å²) in [5.74, 6) is -6.48. The predicted octanol–water partition coefficient (Wildman–Crippen LogP) is 6.34. The number of hydrogen-bond acceptors (Lipinski definition) is 9. The molecule has 0 radical (unpaired) electrons. The number of rotatable bonds is 7. The summed E-state index contributed by atoms with van der Waals surface area (Å²) in [7, 11) is 2.78. The lowest BCUT2D eigenvalue weighted by molar-refractivity contribution is -0.384. The number of phenols is 1. The highest BCUT2D eigenvalue weighted by Gasteiger charge is 2.70. The molecule has 2 aliphatic carbocycles. The fourth-order valence-corrected chi connectivity index (χ4v) is 9.38. The minimum Gasteiger partial charge on any atom is -0.502 e. The van der Waals surface area contributed by atoms with E-state index < -0.39 is 63.6 Å². The van der Waals surface area contributed by atoms with E-state index in [0.717, 1.165) is 9.80 Å². The van der Waals surface area contributed by atoms with Gasteiger partial charge < -0.3 is 14.6 Å². The maximum absolute atomic E-state index is 15.4. The molecule has 4 aromatic carbocycles. The van der Waals surface area contributed by atoms with Crippen LogP contribution in [-0.4, -0.2) is 47.9 Å². The number of allylic oxidation sites excluding steroid dienone is 2. The molecule has 0 bridgehead atoms. The number of non-ortho nitro benzene ring substituents is 1. The lowest BCUT2D eigenvalue weighted by Crippen LogP contribution is -2.53. The van der Waals surface area contributed by atoms with E-state index in [1.807, 2.05) is 24.3 Å². The van der Waals surface area contributed by atoms with Crippen LogP contribution in [0.5, 0.6) is 17.2 Å². The number of phenolic OH excluding ortho intramolecular Hbond substituents is 1. The second kappa shape index (κ2) is 12.6. The van der Waals surface area contributed by atoms with Crippen LogP contribution < -0.4 is 19.3 Å². The summed E-state index contributed by atoms with van der Waals surface area (Å²) in [5.41, 5.74) is 0.275. The average Bonchev–Trinajstić information content (AvgIpc) is 3.56. The fourth-order valence-electron chi connectivity index (χ4n) is 9.20. The number of nitrogens with zero attached hydrogens (tertiary/aromatic N) is 3. The Balaban J connectivity index is 1.37. The van der Waals surface area contributed by atoms with Gasteiger partial charge >= 0.3 is 0 Å². The van der Waals surface area contributed by atoms with Crippen LogP contribution in [0.3, 0.4) is 0 Å². The largest absolute Gasteiger partial charge is 0.502 e. The van der Waals surface area contributed by atoms with Crippen LogP contribution in [0.4, 0.5) is 17.1 Å². The van der Waals surface area contributed by atoms with Gasteiger partial charge in [-0.15, -0.1) is 0 Å². The lowest BCUT2D eigenvalue weighted by Gasteiger charge is -2.50. The number of carbonyl (C=O) groups is 4. The quantitative estimate of drug-likeness (QED) is 0.0991. The van der Waals surface area contributed by atoms with Gasteiger partial charge in [0.2, 0.25) is 29.4 Å². The van der Waals surface area contributed by atoms with E-state index >= 15 is 4.79 Å². The number of amides is 4. The Morgan fingerprint density at radius 3 is 2.11 bits per heavy atom. The zero-order chi connectivity index (χ0) is 37.3. The zero-order valence-corrected chi connectivity index (χ0v) is 29.2. The van der Waals surface area contributed by atoms with Gasteiger partial charge in [-0.25, -0.2) is 9.80 Å². The molecule has 0 unspecified atom stereocenters. The first-order valence-corrected chi connectivity index (χ1v) is 17.4. The van der Waals surface area contributed by atoms with E-state index in [0.29, 0.717) is 21.7 Å². The molecular formula is C40H32ClN3O9. The van der Waals surface area contributed by atoms with Gasteiger partial charge in [-0.1, -0.05) is 65.7 Å². The molecule has 6 atom stereocenters. The van der Waals surface area contributed by atoms with Gasteiger partial charge in [0.15, 0.2) is 11.5 Å². The maximum atomic E-state index is 15.4. The third kappa shape index (κ3) is 4.88. The Labute approximate surface area is 308 Å². The molecule has 4 amide bonds. The summed E-state index contributed by atoms with van der Waals surface area (Å²) < 4.78 is 11.1. The predicted molar refractivity (Wildman–Crippen MR) is 193 cm³/mol.